The fourth-order valence-corrected chi connectivity index (χ4v) is 2.55. The van der Waals surface area contributed by atoms with Crippen molar-refractivity contribution in [1.82, 2.24) is 5.32 Å². The largest absolute Gasteiger partial charge is 0.478 e. The number of carbonyl (C=O) groups excluding carboxylic acids is 3. The van der Waals surface area contributed by atoms with Gasteiger partial charge in [-0.05, 0) is 48.4 Å². The van der Waals surface area contributed by atoms with E-state index in [1.54, 1.807) is 12.1 Å². The number of rotatable bonds is 3. The molecule has 4 amide bonds. The molecule has 1 aliphatic heterocycles. The minimum atomic E-state index is -1.12. The van der Waals surface area contributed by atoms with E-state index in [4.69, 9.17) is 5.11 Å². The van der Waals surface area contributed by atoms with Gasteiger partial charge in [0.15, 0.2) is 0 Å². The van der Waals surface area contributed by atoms with Crippen LogP contribution in [0.5, 0.6) is 0 Å². The summed E-state index contributed by atoms with van der Waals surface area (Å²) in [4.78, 5) is 48.7. The number of benzene rings is 2. The van der Waals surface area contributed by atoms with Crippen molar-refractivity contribution in [3.8, 4) is 0 Å². The molecule has 130 valence electrons. The van der Waals surface area contributed by atoms with E-state index in [0.29, 0.717) is 5.56 Å². The molecule has 1 fully saturated rings. The van der Waals surface area contributed by atoms with E-state index in [2.05, 4.69) is 5.32 Å². The third-order valence-corrected chi connectivity index (χ3v) is 3.96. The maximum absolute atomic E-state index is 12.7. The summed E-state index contributed by atoms with van der Waals surface area (Å²) in [6.45, 7) is 1.84. The Morgan fingerprint density at radius 3 is 2.31 bits per heavy atom. The SMILES string of the molecule is Cc1ccccc1/C=C1\C(=O)NC(=O)N(c2ccc(C(=O)O)cc2)C1=O. The number of hydrogen-bond donors (Lipinski definition) is 2. The number of carboxylic acids is 1. The summed E-state index contributed by atoms with van der Waals surface area (Å²) in [5, 5.41) is 11.1. The van der Waals surface area contributed by atoms with Crippen LogP contribution in [0.3, 0.4) is 0 Å². The van der Waals surface area contributed by atoms with Crippen LogP contribution in [0.4, 0.5) is 10.5 Å². The van der Waals surface area contributed by atoms with E-state index < -0.39 is 23.8 Å². The molecule has 7 nitrogen and oxygen atoms in total. The quantitative estimate of drug-likeness (QED) is 0.653. The first-order chi connectivity index (χ1) is 12.4. The van der Waals surface area contributed by atoms with E-state index in [1.165, 1.54) is 30.3 Å². The number of nitrogens with zero attached hydrogens (tertiary/aromatic N) is 1. The number of amides is 4. The van der Waals surface area contributed by atoms with Gasteiger partial charge in [0.05, 0.1) is 11.3 Å². The van der Waals surface area contributed by atoms with Crippen LogP contribution in [0, 0.1) is 6.92 Å². The molecule has 2 N–H and O–H groups in total. The maximum atomic E-state index is 12.7. The van der Waals surface area contributed by atoms with Crippen LogP contribution in [0.15, 0.2) is 54.1 Å². The fourth-order valence-electron chi connectivity index (χ4n) is 2.55. The molecule has 1 heterocycles. The molecule has 0 radical (unpaired) electrons. The second-order valence-corrected chi connectivity index (χ2v) is 5.67. The zero-order valence-electron chi connectivity index (χ0n) is 13.7. The second-order valence-electron chi connectivity index (χ2n) is 5.67. The van der Waals surface area contributed by atoms with Crippen molar-refractivity contribution in [2.75, 3.05) is 4.90 Å². The first kappa shape index (κ1) is 17.1. The van der Waals surface area contributed by atoms with Gasteiger partial charge in [0, 0.05) is 0 Å². The molecular formula is C19H14N2O5. The number of hydrogen-bond acceptors (Lipinski definition) is 4. The van der Waals surface area contributed by atoms with Crippen molar-refractivity contribution in [3.63, 3.8) is 0 Å². The molecule has 0 aromatic heterocycles. The van der Waals surface area contributed by atoms with Gasteiger partial charge in [-0.15, -0.1) is 0 Å². The molecule has 1 aliphatic rings. The zero-order chi connectivity index (χ0) is 18.8. The fraction of sp³-hybridized carbons (Fsp3) is 0.0526. The molecule has 1 saturated heterocycles. The summed E-state index contributed by atoms with van der Waals surface area (Å²) in [5.74, 6) is -2.67. The number of carbonyl (C=O) groups is 4. The van der Waals surface area contributed by atoms with Gasteiger partial charge >= 0.3 is 12.0 Å². The molecule has 0 atom stereocenters. The number of aryl methyl sites for hydroxylation is 1. The van der Waals surface area contributed by atoms with Crippen LogP contribution >= 0.6 is 0 Å². The van der Waals surface area contributed by atoms with Crippen LogP contribution in [0.2, 0.25) is 0 Å². The minimum absolute atomic E-state index is 0.0189. The van der Waals surface area contributed by atoms with Crippen LogP contribution in [-0.4, -0.2) is 28.9 Å². The summed E-state index contributed by atoms with van der Waals surface area (Å²) in [6.07, 6.45) is 1.43. The van der Waals surface area contributed by atoms with Gasteiger partial charge in [-0.2, -0.15) is 0 Å². The smallest absolute Gasteiger partial charge is 0.335 e. The molecule has 7 heteroatoms. The maximum Gasteiger partial charge on any atom is 0.335 e. The number of imide groups is 2. The summed E-state index contributed by atoms with van der Waals surface area (Å²) >= 11 is 0. The highest BCUT2D eigenvalue weighted by Gasteiger charge is 2.36. The van der Waals surface area contributed by atoms with Crippen molar-refractivity contribution in [3.05, 3.63) is 70.8 Å². The van der Waals surface area contributed by atoms with Gasteiger partial charge in [-0.25, -0.2) is 14.5 Å². The number of aromatic carboxylic acids is 1. The summed E-state index contributed by atoms with van der Waals surface area (Å²) < 4.78 is 0. The summed E-state index contributed by atoms with van der Waals surface area (Å²) in [5.41, 5.74) is 1.56. The Balaban J connectivity index is 2.01. The highest BCUT2D eigenvalue weighted by atomic mass is 16.4. The summed E-state index contributed by atoms with van der Waals surface area (Å²) in [7, 11) is 0. The van der Waals surface area contributed by atoms with Gasteiger partial charge in [-0.3, -0.25) is 14.9 Å². The number of urea groups is 1. The zero-order valence-corrected chi connectivity index (χ0v) is 13.7. The van der Waals surface area contributed by atoms with Crippen molar-refractivity contribution in [1.29, 1.82) is 0 Å². The molecule has 2 aromatic carbocycles. The molecule has 26 heavy (non-hydrogen) atoms. The topological polar surface area (TPSA) is 104 Å². The lowest BCUT2D eigenvalue weighted by molar-refractivity contribution is -0.122. The lowest BCUT2D eigenvalue weighted by atomic mass is 10.0. The molecule has 0 spiro atoms. The molecule has 3 rings (SSSR count). The Hall–Kier alpha value is -3.74. The molecule has 0 unspecified atom stereocenters. The Kier molecular flexibility index (Phi) is 4.36. The lowest BCUT2D eigenvalue weighted by Gasteiger charge is -2.26. The highest BCUT2D eigenvalue weighted by Crippen LogP contribution is 2.23. The van der Waals surface area contributed by atoms with Gasteiger partial charge in [-0.1, -0.05) is 24.3 Å². The van der Waals surface area contributed by atoms with E-state index in [9.17, 15) is 19.2 Å². The lowest BCUT2D eigenvalue weighted by Crippen LogP contribution is -2.54. The minimum Gasteiger partial charge on any atom is -0.478 e. The predicted molar refractivity (Wildman–Crippen MR) is 93.6 cm³/mol. The highest BCUT2D eigenvalue weighted by molar-refractivity contribution is 6.39. The second kappa shape index (κ2) is 6.64. The monoisotopic (exact) mass is 350 g/mol. The van der Waals surface area contributed by atoms with Crippen molar-refractivity contribution in [2.24, 2.45) is 0 Å². The van der Waals surface area contributed by atoms with Crippen molar-refractivity contribution < 1.29 is 24.3 Å². The van der Waals surface area contributed by atoms with Crippen LogP contribution in [0.25, 0.3) is 6.08 Å². The first-order valence-electron chi connectivity index (χ1n) is 7.69. The van der Waals surface area contributed by atoms with Crippen molar-refractivity contribution >= 4 is 35.6 Å². The van der Waals surface area contributed by atoms with Gasteiger partial charge < -0.3 is 5.11 Å². The normalized spacial score (nSPS) is 16.0. The Morgan fingerprint density at radius 2 is 1.69 bits per heavy atom. The number of carboxylic acid groups (broad SMARTS) is 1. The van der Waals surface area contributed by atoms with Gasteiger partial charge in [0.2, 0.25) is 0 Å². The molecular weight excluding hydrogens is 336 g/mol. The molecule has 0 aliphatic carbocycles. The number of barbiturate groups is 1. The van der Waals surface area contributed by atoms with E-state index in [0.717, 1.165) is 10.5 Å². The first-order valence-corrected chi connectivity index (χ1v) is 7.69. The predicted octanol–water partition coefficient (Wildman–Crippen LogP) is 2.36. The summed E-state index contributed by atoms with van der Waals surface area (Å²) in [6, 6.07) is 11.5. The van der Waals surface area contributed by atoms with Crippen LogP contribution < -0.4 is 10.2 Å². The number of nitrogens with one attached hydrogen (secondary N) is 1. The van der Waals surface area contributed by atoms with Gasteiger partial charge in [0.25, 0.3) is 11.8 Å². The van der Waals surface area contributed by atoms with Crippen LogP contribution in [0.1, 0.15) is 21.5 Å². The molecule has 0 bridgehead atoms. The third kappa shape index (κ3) is 3.10. The number of anilines is 1. The van der Waals surface area contributed by atoms with Crippen LogP contribution in [-0.2, 0) is 9.59 Å². The Bertz CT molecular complexity index is 960. The third-order valence-electron chi connectivity index (χ3n) is 3.96. The Labute approximate surface area is 148 Å². The van der Waals surface area contributed by atoms with E-state index >= 15 is 0 Å². The van der Waals surface area contributed by atoms with Gasteiger partial charge in [0.1, 0.15) is 5.57 Å². The average Bonchev–Trinajstić information content (AvgIpc) is 2.60. The van der Waals surface area contributed by atoms with E-state index in [1.807, 2.05) is 19.1 Å². The van der Waals surface area contributed by atoms with Crippen molar-refractivity contribution in [2.45, 2.75) is 6.92 Å². The standard InChI is InChI=1S/C19H14N2O5/c1-11-4-2-3-5-13(11)10-15-16(22)20-19(26)21(17(15)23)14-8-6-12(7-9-14)18(24)25/h2-10H,1H3,(H,24,25)(H,20,22,26)/b15-10+. The van der Waals surface area contributed by atoms with E-state index in [-0.39, 0.29) is 16.8 Å². The Morgan fingerprint density at radius 1 is 1.04 bits per heavy atom. The molecule has 0 saturated carbocycles. The average molecular weight is 350 g/mol. The molecule has 2 aromatic rings.